The smallest absolute Gasteiger partial charge is 0.338 e. The van der Waals surface area contributed by atoms with Crippen LogP contribution in [0.2, 0.25) is 0 Å². The molecule has 3 nitrogen and oxygen atoms in total. The van der Waals surface area contributed by atoms with Crippen molar-refractivity contribution < 1.29 is 9.53 Å². The monoisotopic (exact) mass is 205 g/mol. The standard InChI is InChI=1S/C12H15NO2/c1-15-12(14)11-5-2-4-9-8-13-7-3-6-10(9)11/h2,4-5,13H,3,6-8H2,1H3. The van der Waals surface area contributed by atoms with Gasteiger partial charge in [0.25, 0.3) is 0 Å². The molecule has 2 rings (SSSR count). The van der Waals surface area contributed by atoms with Gasteiger partial charge in [0.2, 0.25) is 0 Å². The summed E-state index contributed by atoms with van der Waals surface area (Å²) in [7, 11) is 1.43. The molecule has 0 saturated heterocycles. The number of methoxy groups -OCH3 is 1. The van der Waals surface area contributed by atoms with Gasteiger partial charge >= 0.3 is 5.97 Å². The van der Waals surface area contributed by atoms with Gasteiger partial charge in [0.1, 0.15) is 0 Å². The first-order valence-corrected chi connectivity index (χ1v) is 5.22. The van der Waals surface area contributed by atoms with Crippen molar-refractivity contribution in [2.75, 3.05) is 13.7 Å². The second-order valence-electron chi connectivity index (χ2n) is 3.72. The molecule has 1 N–H and O–H groups in total. The third kappa shape index (κ3) is 2.02. The molecule has 0 bridgehead atoms. The number of nitrogens with one attached hydrogen (secondary N) is 1. The predicted octanol–water partition coefficient (Wildman–Crippen LogP) is 1.51. The number of rotatable bonds is 1. The molecule has 0 radical (unpaired) electrons. The highest BCUT2D eigenvalue weighted by Crippen LogP contribution is 2.19. The van der Waals surface area contributed by atoms with Gasteiger partial charge in [-0.05, 0) is 36.6 Å². The Balaban J connectivity index is 2.43. The average Bonchev–Trinajstić information content (AvgIpc) is 2.52. The maximum absolute atomic E-state index is 11.6. The predicted molar refractivity (Wildman–Crippen MR) is 57.8 cm³/mol. The SMILES string of the molecule is COC(=O)c1cccc2c1CCCNC2. The minimum Gasteiger partial charge on any atom is -0.465 e. The summed E-state index contributed by atoms with van der Waals surface area (Å²) in [6, 6.07) is 5.83. The van der Waals surface area contributed by atoms with Crippen molar-refractivity contribution in [3.8, 4) is 0 Å². The summed E-state index contributed by atoms with van der Waals surface area (Å²) in [5, 5.41) is 3.34. The van der Waals surface area contributed by atoms with Gasteiger partial charge in [-0.25, -0.2) is 4.79 Å². The highest BCUT2D eigenvalue weighted by atomic mass is 16.5. The Kier molecular flexibility index (Phi) is 3.02. The molecule has 0 amide bonds. The maximum Gasteiger partial charge on any atom is 0.338 e. The van der Waals surface area contributed by atoms with E-state index in [1.54, 1.807) is 0 Å². The summed E-state index contributed by atoms with van der Waals surface area (Å²) in [5.41, 5.74) is 3.09. The largest absolute Gasteiger partial charge is 0.465 e. The van der Waals surface area contributed by atoms with Crippen molar-refractivity contribution in [1.82, 2.24) is 5.32 Å². The third-order valence-corrected chi connectivity index (χ3v) is 2.77. The first-order valence-electron chi connectivity index (χ1n) is 5.22. The molecule has 1 aliphatic heterocycles. The zero-order valence-electron chi connectivity index (χ0n) is 8.88. The zero-order chi connectivity index (χ0) is 10.7. The molecular weight excluding hydrogens is 190 g/mol. The summed E-state index contributed by atoms with van der Waals surface area (Å²) in [4.78, 5) is 11.6. The minimum absolute atomic E-state index is 0.228. The van der Waals surface area contributed by atoms with Gasteiger partial charge in [-0.15, -0.1) is 0 Å². The Hall–Kier alpha value is -1.35. The van der Waals surface area contributed by atoms with E-state index in [0.29, 0.717) is 0 Å². The van der Waals surface area contributed by atoms with Crippen LogP contribution in [0.25, 0.3) is 0 Å². The quantitative estimate of drug-likeness (QED) is 0.706. The highest BCUT2D eigenvalue weighted by molar-refractivity contribution is 5.91. The van der Waals surface area contributed by atoms with Crippen LogP contribution in [0.4, 0.5) is 0 Å². The average molecular weight is 205 g/mol. The molecule has 0 spiro atoms. The lowest BCUT2D eigenvalue weighted by Gasteiger charge is -2.09. The van der Waals surface area contributed by atoms with Crippen molar-refractivity contribution in [1.29, 1.82) is 0 Å². The molecule has 1 aromatic rings. The van der Waals surface area contributed by atoms with Crippen LogP contribution < -0.4 is 5.32 Å². The molecule has 0 atom stereocenters. The fraction of sp³-hybridized carbons (Fsp3) is 0.417. The highest BCUT2D eigenvalue weighted by Gasteiger charge is 2.16. The van der Waals surface area contributed by atoms with Gasteiger partial charge < -0.3 is 10.1 Å². The van der Waals surface area contributed by atoms with Crippen molar-refractivity contribution in [3.63, 3.8) is 0 Å². The van der Waals surface area contributed by atoms with Gasteiger partial charge in [0, 0.05) is 6.54 Å². The lowest BCUT2D eigenvalue weighted by Crippen LogP contribution is -2.12. The van der Waals surface area contributed by atoms with E-state index < -0.39 is 0 Å². The third-order valence-electron chi connectivity index (χ3n) is 2.77. The van der Waals surface area contributed by atoms with Crippen molar-refractivity contribution in [2.24, 2.45) is 0 Å². The molecule has 0 unspecified atom stereocenters. The van der Waals surface area contributed by atoms with Crippen LogP contribution >= 0.6 is 0 Å². The van der Waals surface area contributed by atoms with Crippen molar-refractivity contribution in [2.45, 2.75) is 19.4 Å². The second kappa shape index (κ2) is 4.45. The topological polar surface area (TPSA) is 38.3 Å². The molecule has 0 aliphatic carbocycles. The van der Waals surface area contributed by atoms with Gasteiger partial charge in [-0.1, -0.05) is 12.1 Å². The Labute approximate surface area is 89.4 Å². The van der Waals surface area contributed by atoms with Gasteiger partial charge in [-0.3, -0.25) is 0 Å². The van der Waals surface area contributed by atoms with Gasteiger partial charge in [0.05, 0.1) is 12.7 Å². The number of hydrogen-bond donors (Lipinski definition) is 1. The Morgan fingerprint density at radius 2 is 2.33 bits per heavy atom. The van der Waals surface area contributed by atoms with E-state index in [1.807, 2.05) is 12.1 Å². The van der Waals surface area contributed by atoms with Crippen LogP contribution in [-0.2, 0) is 17.7 Å². The molecule has 0 aromatic heterocycles. The fourth-order valence-electron chi connectivity index (χ4n) is 2.01. The van der Waals surface area contributed by atoms with E-state index in [1.165, 1.54) is 12.7 Å². The number of hydrogen-bond acceptors (Lipinski definition) is 3. The summed E-state index contributed by atoms with van der Waals surface area (Å²) < 4.78 is 4.78. The lowest BCUT2D eigenvalue weighted by molar-refractivity contribution is 0.0599. The summed E-state index contributed by atoms with van der Waals surface area (Å²) >= 11 is 0. The van der Waals surface area contributed by atoms with Crippen LogP contribution in [0.1, 0.15) is 27.9 Å². The number of ether oxygens (including phenoxy) is 1. The van der Waals surface area contributed by atoms with Crippen molar-refractivity contribution in [3.05, 3.63) is 34.9 Å². The number of carbonyl (C=O) groups excluding carboxylic acids is 1. The van der Waals surface area contributed by atoms with Crippen molar-refractivity contribution >= 4 is 5.97 Å². The summed E-state index contributed by atoms with van der Waals surface area (Å²) in [5.74, 6) is -0.228. The van der Waals surface area contributed by atoms with E-state index in [0.717, 1.165) is 37.1 Å². The number of benzene rings is 1. The van der Waals surface area contributed by atoms with E-state index in [-0.39, 0.29) is 5.97 Å². The number of carbonyl (C=O) groups is 1. The van der Waals surface area contributed by atoms with Crippen LogP contribution in [0.3, 0.4) is 0 Å². The number of esters is 1. The molecule has 0 saturated carbocycles. The Morgan fingerprint density at radius 3 is 3.13 bits per heavy atom. The van der Waals surface area contributed by atoms with E-state index in [2.05, 4.69) is 11.4 Å². The maximum atomic E-state index is 11.6. The van der Waals surface area contributed by atoms with Crippen LogP contribution in [0.15, 0.2) is 18.2 Å². The van der Waals surface area contributed by atoms with E-state index in [9.17, 15) is 4.79 Å². The summed E-state index contributed by atoms with van der Waals surface area (Å²) in [6.45, 7) is 1.86. The molecule has 0 fully saturated rings. The molecule has 80 valence electrons. The van der Waals surface area contributed by atoms with Crippen LogP contribution in [-0.4, -0.2) is 19.6 Å². The van der Waals surface area contributed by atoms with E-state index in [4.69, 9.17) is 4.74 Å². The minimum atomic E-state index is -0.228. The second-order valence-corrected chi connectivity index (χ2v) is 3.72. The normalized spacial score (nSPS) is 15.3. The molecule has 15 heavy (non-hydrogen) atoms. The molecular formula is C12H15NO2. The van der Waals surface area contributed by atoms with Gasteiger partial charge in [-0.2, -0.15) is 0 Å². The van der Waals surface area contributed by atoms with Crippen LogP contribution in [0.5, 0.6) is 0 Å². The Morgan fingerprint density at radius 1 is 1.47 bits per heavy atom. The Bertz CT molecular complexity index is 374. The fourth-order valence-corrected chi connectivity index (χ4v) is 2.01. The molecule has 1 aliphatic rings. The first kappa shape index (κ1) is 10.2. The first-order chi connectivity index (χ1) is 7.33. The summed E-state index contributed by atoms with van der Waals surface area (Å²) in [6.07, 6.45) is 2.02. The molecule has 3 heteroatoms. The van der Waals surface area contributed by atoms with E-state index >= 15 is 0 Å². The van der Waals surface area contributed by atoms with Gasteiger partial charge in [0.15, 0.2) is 0 Å². The van der Waals surface area contributed by atoms with Crippen LogP contribution in [0, 0.1) is 0 Å². The number of fused-ring (bicyclic) bond motifs is 1. The lowest BCUT2D eigenvalue weighted by atomic mass is 9.98. The zero-order valence-corrected chi connectivity index (χ0v) is 8.88. The molecule has 1 heterocycles. The molecule has 1 aromatic carbocycles.